The molecule has 0 aliphatic heterocycles. The van der Waals surface area contributed by atoms with Crippen molar-refractivity contribution in [3.8, 4) is 0 Å². The number of aryl methyl sites for hydroxylation is 2. The second-order valence-corrected chi connectivity index (χ2v) is 6.92. The summed E-state index contributed by atoms with van der Waals surface area (Å²) in [4.78, 5) is 26.6. The SMILES string of the molecule is CCN(CC(=O)Nc1ccccc1C(F)(F)F)C(=O)c1oc2c(C)cccc2c1C. The molecule has 3 rings (SSSR count). The van der Waals surface area contributed by atoms with Gasteiger partial charge in [0.25, 0.3) is 5.91 Å². The highest BCUT2D eigenvalue weighted by molar-refractivity contribution is 6.02. The number of alkyl halides is 3. The second kappa shape index (κ2) is 8.22. The number of carbonyl (C=O) groups excluding carboxylic acids is 2. The van der Waals surface area contributed by atoms with Crippen molar-refractivity contribution in [2.24, 2.45) is 0 Å². The summed E-state index contributed by atoms with van der Waals surface area (Å²) in [6, 6.07) is 10.3. The first-order valence-corrected chi connectivity index (χ1v) is 9.37. The normalized spacial score (nSPS) is 11.5. The molecule has 3 aromatic rings. The van der Waals surface area contributed by atoms with E-state index in [0.717, 1.165) is 17.0 Å². The zero-order valence-electron chi connectivity index (χ0n) is 16.8. The van der Waals surface area contributed by atoms with E-state index in [0.29, 0.717) is 11.1 Å². The van der Waals surface area contributed by atoms with E-state index in [-0.39, 0.29) is 18.0 Å². The van der Waals surface area contributed by atoms with Gasteiger partial charge >= 0.3 is 6.18 Å². The fourth-order valence-corrected chi connectivity index (χ4v) is 3.26. The maximum atomic E-state index is 13.1. The van der Waals surface area contributed by atoms with Crippen LogP contribution in [0.15, 0.2) is 46.9 Å². The number of fused-ring (bicyclic) bond motifs is 1. The van der Waals surface area contributed by atoms with Crippen LogP contribution in [0.5, 0.6) is 0 Å². The summed E-state index contributed by atoms with van der Waals surface area (Å²) in [6.07, 6.45) is -4.60. The molecule has 0 saturated carbocycles. The van der Waals surface area contributed by atoms with Crippen LogP contribution in [-0.2, 0) is 11.0 Å². The lowest BCUT2D eigenvalue weighted by atomic mass is 10.1. The average molecular weight is 418 g/mol. The zero-order chi connectivity index (χ0) is 22.1. The Morgan fingerprint density at radius 3 is 2.40 bits per heavy atom. The minimum Gasteiger partial charge on any atom is -0.450 e. The summed E-state index contributed by atoms with van der Waals surface area (Å²) in [5, 5.41) is 3.06. The number of nitrogens with one attached hydrogen (secondary N) is 1. The van der Waals surface area contributed by atoms with Crippen LogP contribution < -0.4 is 5.32 Å². The molecule has 0 saturated heterocycles. The van der Waals surface area contributed by atoms with E-state index in [1.54, 1.807) is 13.8 Å². The lowest BCUT2D eigenvalue weighted by molar-refractivity contribution is -0.137. The van der Waals surface area contributed by atoms with Gasteiger partial charge in [0.15, 0.2) is 5.76 Å². The van der Waals surface area contributed by atoms with Gasteiger partial charge in [-0.05, 0) is 38.5 Å². The molecule has 5 nitrogen and oxygen atoms in total. The highest BCUT2D eigenvalue weighted by Crippen LogP contribution is 2.34. The van der Waals surface area contributed by atoms with Gasteiger partial charge in [-0.3, -0.25) is 9.59 Å². The number of hydrogen-bond donors (Lipinski definition) is 1. The van der Waals surface area contributed by atoms with Crippen molar-refractivity contribution < 1.29 is 27.2 Å². The lowest BCUT2D eigenvalue weighted by Gasteiger charge is -2.20. The van der Waals surface area contributed by atoms with E-state index in [2.05, 4.69) is 5.32 Å². The quantitative estimate of drug-likeness (QED) is 0.622. The first-order chi connectivity index (χ1) is 14.1. The van der Waals surface area contributed by atoms with Gasteiger partial charge in [-0.25, -0.2) is 0 Å². The minimum absolute atomic E-state index is 0.115. The van der Waals surface area contributed by atoms with E-state index in [4.69, 9.17) is 4.42 Å². The molecule has 0 aliphatic carbocycles. The van der Waals surface area contributed by atoms with Gasteiger partial charge in [0.05, 0.1) is 11.3 Å². The smallest absolute Gasteiger partial charge is 0.418 e. The highest BCUT2D eigenvalue weighted by Gasteiger charge is 2.34. The molecular weight excluding hydrogens is 397 g/mol. The highest BCUT2D eigenvalue weighted by atomic mass is 19.4. The van der Waals surface area contributed by atoms with E-state index in [1.165, 1.54) is 23.1 Å². The fourth-order valence-electron chi connectivity index (χ4n) is 3.26. The van der Waals surface area contributed by atoms with Crippen molar-refractivity contribution in [1.82, 2.24) is 4.90 Å². The molecule has 2 amide bonds. The third kappa shape index (κ3) is 4.17. The molecule has 2 aromatic carbocycles. The van der Waals surface area contributed by atoms with Gasteiger partial charge in [-0.15, -0.1) is 0 Å². The van der Waals surface area contributed by atoms with Crippen LogP contribution >= 0.6 is 0 Å². The molecule has 0 radical (unpaired) electrons. The topological polar surface area (TPSA) is 62.6 Å². The van der Waals surface area contributed by atoms with Crippen molar-refractivity contribution in [1.29, 1.82) is 0 Å². The van der Waals surface area contributed by atoms with Crippen molar-refractivity contribution in [3.05, 3.63) is 64.9 Å². The van der Waals surface area contributed by atoms with Crippen LogP contribution in [0.4, 0.5) is 18.9 Å². The monoisotopic (exact) mass is 418 g/mol. The van der Waals surface area contributed by atoms with Gasteiger partial charge < -0.3 is 14.6 Å². The van der Waals surface area contributed by atoms with E-state index >= 15 is 0 Å². The molecule has 0 spiro atoms. The molecule has 8 heteroatoms. The molecule has 30 heavy (non-hydrogen) atoms. The second-order valence-electron chi connectivity index (χ2n) is 6.92. The Morgan fingerprint density at radius 1 is 1.07 bits per heavy atom. The Balaban J connectivity index is 1.81. The Labute approximate surface area is 171 Å². The largest absolute Gasteiger partial charge is 0.450 e. The maximum Gasteiger partial charge on any atom is 0.418 e. The van der Waals surface area contributed by atoms with Gasteiger partial charge in [-0.2, -0.15) is 13.2 Å². The van der Waals surface area contributed by atoms with Gasteiger partial charge in [0.2, 0.25) is 5.91 Å². The number of hydrogen-bond acceptors (Lipinski definition) is 3. The van der Waals surface area contributed by atoms with Crippen LogP contribution in [0.1, 0.15) is 34.2 Å². The van der Waals surface area contributed by atoms with Gasteiger partial charge in [0, 0.05) is 17.5 Å². The Kier molecular flexibility index (Phi) is 5.87. The number of likely N-dealkylation sites (N-methyl/N-ethyl adjacent to an activating group) is 1. The number of nitrogens with zero attached hydrogens (tertiary/aromatic N) is 1. The summed E-state index contributed by atoms with van der Waals surface area (Å²) < 4.78 is 45.1. The predicted molar refractivity (Wildman–Crippen MR) is 107 cm³/mol. The summed E-state index contributed by atoms with van der Waals surface area (Å²) in [6.45, 7) is 5.08. The number of furan rings is 1. The number of amides is 2. The predicted octanol–water partition coefficient (Wildman–Crippen LogP) is 5.17. The molecule has 1 aromatic heterocycles. The summed E-state index contributed by atoms with van der Waals surface area (Å²) in [5.74, 6) is -1.11. The van der Waals surface area contributed by atoms with Crippen LogP contribution in [0.2, 0.25) is 0 Å². The number of rotatable bonds is 5. The minimum atomic E-state index is -4.60. The number of anilines is 1. The molecule has 0 atom stereocenters. The number of benzene rings is 2. The molecular formula is C22H21F3N2O3. The zero-order valence-corrected chi connectivity index (χ0v) is 16.8. The molecule has 1 heterocycles. The number of carbonyl (C=O) groups is 2. The maximum absolute atomic E-state index is 13.1. The van der Waals surface area contributed by atoms with Crippen LogP contribution in [-0.4, -0.2) is 29.8 Å². The van der Waals surface area contributed by atoms with Crippen molar-refractivity contribution in [2.75, 3.05) is 18.4 Å². The molecule has 0 unspecified atom stereocenters. The molecule has 1 N–H and O–H groups in total. The third-order valence-electron chi connectivity index (χ3n) is 4.86. The third-order valence-corrected chi connectivity index (χ3v) is 4.86. The van der Waals surface area contributed by atoms with Gasteiger partial charge in [0.1, 0.15) is 12.1 Å². The van der Waals surface area contributed by atoms with Crippen LogP contribution in [0.3, 0.4) is 0 Å². The van der Waals surface area contributed by atoms with Gasteiger partial charge in [-0.1, -0.05) is 30.3 Å². The van der Waals surface area contributed by atoms with Crippen LogP contribution in [0.25, 0.3) is 11.0 Å². The average Bonchev–Trinajstić information content (AvgIpc) is 3.03. The molecule has 0 fully saturated rings. The van der Waals surface area contributed by atoms with E-state index < -0.39 is 30.1 Å². The van der Waals surface area contributed by atoms with E-state index in [9.17, 15) is 22.8 Å². The Bertz CT molecular complexity index is 1100. The number of halogens is 3. The summed E-state index contributed by atoms with van der Waals surface area (Å²) in [7, 11) is 0. The lowest BCUT2D eigenvalue weighted by Crippen LogP contribution is -2.38. The van der Waals surface area contributed by atoms with Crippen molar-refractivity contribution in [2.45, 2.75) is 26.9 Å². The number of para-hydroxylation sites is 2. The van der Waals surface area contributed by atoms with Crippen molar-refractivity contribution >= 4 is 28.5 Å². The fraction of sp³-hybridized carbons (Fsp3) is 0.273. The Hall–Kier alpha value is -3.29. The first kappa shape index (κ1) is 21.4. The Morgan fingerprint density at radius 2 is 1.77 bits per heavy atom. The summed E-state index contributed by atoms with van der Waals surface area (Å²) >= 11 is 0. The molecule has 0 aliphatic rings. The molecule has 158 valence electrons. The summed E-state index contributed by atoms with van der Waals surface area (Å²) in [5.41, 5.74) is 0.822. The molecule has 0 bridgehead atoms. The van der Waals surface area contributed by atoms with Crippen LogP contribution in [0, 0.1) is 13.8 Å². The van der Waals surface area contributed by atoms with E-state index in [1.807, 2.05) is 25.1 Å². The standard InChI is InChI=1S/C22H21F3N2O3/c1-4-27(12-18(28)26-17-11-6-5-10-16(17)22(23,24)25)21(29)20-14(3)15-9-7-8-13(2)19(15)30-20/h5-11H,4,12H2,1-3H3,(H,26,28). The first-order valence-electron chi connectivity index (χ1n) is 9.37. The van der Waals surface area contributed by atoms with Crippen molar-refractivity contribution in [3.63, 3.8) is 0 Å².